The normalized spacial score (nSPS) is 13.7. The second-order valence-corrected chi connectivity index (χ2v) is 4.74. The SMILES string of the molecule is COc1ncc(N2CCOc3ccc(O)cc32)cc1C(F)F. The number of phenols is 1. The third-order valence-electron chi connectivity index (χ3n) is 3.41. The fraction of sp³-hybridized carbons (Fsp3) is 0.267. The number of aromatic hydroxyl groups is 1. The van der Waals surface area contributed by atoms with E-state index in [1.165, 1.54) is 31.5 Å². The highest BCUT2D eigenvalue weighted by atomic mass is 19.3. The molecule has 1 N–H and O–H groups in total. The molecule has 3 rings (SSSR count). The first-order valence-corrected chi connectivity index (χ1v) is 6.65. The number of fused-ring (bicyclic) bond motifs is 1. The molecule has 0 saturated heterocycles. The fourth-order valence-electron chi connectivity index (χ4n) is 2.41. The molecule has 0 bridgehead atoms. The fourth-order valence-corrected chi connectivity index (χ4v) is 2.41. The second-order valence-electron chi connectivity index (χ2n) is 4.74. The van der Waals surface area contributed by atoms with Gasteiger partial charge in [-0.15, -0.1) is 0 Å². The van der Waals surface area contributed by atoms with Gasteiger partial charge in [-0.1, -0.05) is 0 Å². The number of hydrogen-bond acceptors (Lipinski definition) is 5. The third kappa shape index (κ3) is 2.49. The summed E-state index contributed by atoms with van der Waals surface area (Å²) in [6.07, 6.45) is -1.23. The van der Waals surface area contributed by atoms with Crippen LogP contribution in [0.3, 0.4) is 0 Å². The molecule has 0 unspecified atom stereocenters. The van der Waals surface area contributed by atoms with E-state index in [2.05, 4.69) is 4.98 Å². The molecule has 22 heavy (non-hydrogen) atoms. The van der Waals surface area contributed by atoms with E-state index in [1.807, 2.05) is 0 Å². The van der Waals surface area contributed by atoms with Crippen molar-refractivity contribution in [3.63, 3.8) is 0 Å². The van der Waals surface area contributed by atoms with Crippen LogP contribution >= 0.6 is 0 Å². The van der Waals surface area contributed by atoms with E-state index >= 15 is 0 Å². The average Bonchev–Trinajstić information content (AvgIpc) is 2.53. The zero-order chi connectivity index (χ0) is 15.7. The molecule has 1 aliphatic rings. The summed E-state index contributed by atoms with van der Waals surface area (Å²) in [5.74, 6) is 0.561. The van der Waals surface area contributed by atoms with Crippen molar-refractivity contribution >= 4 is 11.4 Å². The number of nitrogens with zero attached hydrogens (tertiary/aromatic N) is 2. The standard InChI is InChI=1S/C15H14F2N2O3/c1-21-15-11(14(16)17)6-9(8-18-15)19-4-5-22-13-3-2-10(20)7-12(13)19/h2-3,6-8,14,20H,4-5H2,1H3. The Labute approximate surface area is 125 Å². The minimum Gasteiger partial charge on any atom is -0.508 e. The maximum absolute atomic E-state index is 13.1. The van der Waals surface area contributed by atoms with E-state index in [0.717, 1.165) is 0 Å². The van der Waals surface area contributed by atoms with E-state index in [4.69, 9.17) is 9.47 Å². The summed E-state index contributed by atoms with van der Waals surface area (Å²) < 4.78 is 36.6. The number of halogens is 2. The maximum Gasteiger partial charge on any atom is 0.269 e. The van der Waals surface area contributed by atoms with Gasteiger partial charge in [0.2, 0.25) is 5.88 Å². The van der Waals surface area contributed by atoms with Crippen molar-refractivity contribution in [2.75, 3.05) is 25.2 Å². The molecule has 2 aromatic rings. The maximum atomic E-state index is 13.1. The molecule has 0 fully saturated rings. The number of pyridine rings is 1. The van der Waals surface area contributed by atoms with Crippen LogP contribution in [0.2, 0.25) is 0 Å². The van der Waals surface area contributed by atoms with Crippen molar-refractivity contribution in [1.82, 2.24) is 4.98 Å². The van der Waals surface area contributed by atoms with Gasteiger partial charge in [0.15, 0.2) is 0 Å². The van der Waals surface area contributed by atoms with Crippen molar-refractivity contribution in [2.45, 2.75) is 6.43 Å². The highest BCUT2D eigenvalue weighted by molar-refractivity contribution is 5.72. The molecule has 0 amide bonds. The Balaban J connectivity index is 2.06. The number of ether oxygens (including phenoxy) is 2. The predicted octanol–water partition coefficient (Wildman–Crippen LogP) is 3.26. The van der Waals surface area contributed by atoms with Crippen molar-refractivity contribution in [2.24, 2.45) is 0 Å². The van der Waals surface area contributed by atoms with Crippen molar-refractivity contribution in [1.29, 1.82) is 0 Å². The molecule has 2 heterocycles. The van der Waals surface area contributed by atoms with Gasteiger partial charge < -0.3 is 19.5 Å². The lowest BCUT2D eigenvalue weighted by molar-refractivity contribution is 0.146. The zero-order valence-corrected chi connectivity index (χ0v) is 11.8. The Hall–Kier alpha value is -2.57. The summed E-state index contributed by atoms with van der Waals surface area (Å²) in [6, 6.07) is 6.03. The zero-order valence-electron chi connectivity index (χ0n) is 11.8. The number of anilines is 2. The summed E-state index contributed by atoms with van der Waals surface area (Å²) in [5, 5.41) is 9.64. The number of alkyl halides is 2. The monoisotopic (exact) mass is 308 g/mol. The minimum atomic E-state index is -2.69. The van der Waals surface area contributed by atoms with Gasteiger partial charge in [0.1, 0.15) is 18.1 Å². The molecule has 0 aliphatic carbocycles. The average molecular weight is 308 g/mol. The van der Waals surface area contributed by atoms with Crippen LogP contribution in [0.1, 0.15) is 12.0 Å². The van der Waals surface area contributed by atoms with E-state index in [0.29, 0.717) is 30.3 Å². The molecular weight excluding hydrogens is 294 g/mol. The van der Waals surface area contributed by atoms with Gasteiger partial charge in [0, 0.05) is 6.07 Å². The summed E-state index contributed by atoms with van der Waals surface area (Å²) >= 11 is 0. The topological polar surface area (TPSA) is 54.8 Å². The lowest BCUT2D eigenvalue weighted by Crippen LogP contribution is -2.28. The highest BCUT2D eigenvalue weighted by Crippen LogP contribution is 2.40. The van der Waals surface area contributed by atoms with E-state index in [1.54, 1.807) is 11.0 Å². The Morgan fingerprint density at radius 3 is 2.91 bits per heavy atom. The molecule has 116 valence electrons. The minimum absolute atomic E-state index is 0.0739. The summed E-state index contributed by atoms with van der Waals surface area (Å²) in [4.78, 5) is 5.72. The van der Waals surface area contributed by atoms with Crippen LogP contribution in [0.15, 0.2) is 30.5 Å². The number of rotatable bonds is 3. The summed E-state index contributed by atoms with van der Waals surface area (Å²) in [6.45, 7) is 0.876. The van der Waals surface area contributed by atoms with Gasteiger partial charge in [-0.3, -0.25) is 0 Å². The molecule has 7 heteroatoms. The van der Waals surface area contributed by atoms with Gasteiger partial charge in [0.05, 0.1) is 36.8 Å². The van der Waals surface area contributed by atoms with Gasteiger partial charge in [-0.05, 0) is 18.2 Å². The Kier molecular flexibility index (Phi) is 3.70. The van der Waals surface area contributed by atoms with Crippen LogP contribution in [0.5, 0.6) is 17.4 Å². The van der Waals surface area contributed by atoms with E-state index in [9.17, 15) is 13.9 Å². The number of aromatic nitrogens is 1. The molecule has 0 saturated carbocycles. The molecule has 0 atom stereocenters. The van der Waals surface area contributed by atoms with Crippen molar-refractivity contribution in [3.8, 4) is 17.4 Å². The van der Waals surface area contributed by atoms with Crippen LogP contribution in [-0.2, 0) is 0 Å². The van der Waals surface area contributed by atoms with Gasteiger partial charge >= 0.3 is 0 Å². The second kappa shape index (κ2) is 5.67. The smallest absolute Gasteiger partial charge is 0.269 e. The van der Waals surface area contributed by atoms with E-state index in [-0.39, 0.29) is 17.2 Å². The molecule has 1 aliphatic heterocycles. The Morgan fingerprint density at radius 2 is 2.18 bits per heavy atom. The Morgan fingerprint density at radius 1 is 1.36 bits per heavy atom. The molecule has 0 radical (unpaired) electrons. The van der Waals surface area contributed by atoms with Crippen LogP contribution in [-0.4, -0.2) is 30.4 Å². The van der Waals surface area contributed by atoms with Crippen molar-refractivity contribution < 1.29 is 23.4 Å². The number of benzene rings is 1. The first kappa shape index (κ1) is 14.4. The van der Waals surface area contributed by atoms with Crippen molar-refractivity contribution in [3.05, 3.63) is 36.0 Å². The van der Waals surface area contributed by atoms with Gasteiger partial charge in [-0.25, -0.2) is 13.8 Å². The number of phenolic OH excluding ortho intramolecular Hbond substituents is 1. The predicted molar refractivity (Wildman–Crippen MR) is 76.4 cm³/mol. The summed E-state index contributed by atoms with van der Waals surface area (Å²) in [7, 11) is 1.30. The largest absolute Gasteiger partial charge is 0.508 e. The quantitative estimate of drug-likeness (QED) is 0.943. The van der Waals surface area contributed by atoms with E-state index < -0.39 is 6.43 Å². The summed E-state index contributed by atoms with van der Waals surface area (Å²) in [5.41, 5.74) is 0.831. The highest BCUT2D eigenvalue weighted by Gasteiger charge is 2.23. The van der Waals surface area contributed by atoms with Crippen LogP contribution < -0.4 is 14.4 Å². The van der Waals surface area contributed by atoms with Gasteiger partial charge in [0.25, 0.3) is 6.43 Å². The number of methoxy groups -OCH3 is 1. The molecular formula is C15H14F2N2O3. The first-order chi connectivity index (χ1) is 10.6. The van der Waals surface area contributed by atoms with Crippen LogP contribution in [0.25, 0.3) is 0 Å². The number of hydrogen-bond donors (Lipinski definition) is 1. The molecule has 1 aromatic carbocycles. The Bertz CT molecular complexity index is 694. The van der Waals surface area contributed by atoms with Crippen LogP contribution in [0, 0.1) is 0 Å². The van der Waals surface area contributed by atoms with Crippen LogP contribution in [0.4, 0.5) is 20.2 Å². The molecule has 0 spiro atoms. The third-order valence-corrected chi connectivity index (χ3v) is 3.41. The molecule has 1 aromatic heterocycles. The van der Waals surface area contributed by atoms with Gasteiger partial charge in [-0.2, -0.15) is 0 Å². The lowest BCUT2D eigenvalue weighted by atomic mass is 10.2. The molecule has 5 nitrogen and oxygen atoms in total. The lowest BCUT2D eigenvalue weighted by Gasteiger charge is -2.31. The first-order valence-electron chi connectivity index (χ1n) is 6.65.